The van der Waals surface area contributed by atoms with E-state index in [-0.39, 0.29) is 90.5 Å². The van der Waals surface area contributed by atoms with Gasteiger partial charge >= 0.3 is 0 Å². The van der Waals surface area contributed by atoms with Gasteiger partial charge in [0.1, 0.15) is 88.6 Å². The van der Waals surface area contributed by atoms with E-state index in [2.05, 4.69) is 47.0 Å². The fourth-order valence-corrected chi connectivity index (χ4v) is 13.7. The number of nitrogens with one attached hydrogen (secondary N) is 7. The molecule has 18 N–H and O–H groups in total. The molecule has 0 spiro atoms. The second kappa shape index (κ2) is 30.7. The van der Waals surface area contributed by atoms with Gasteiger partial charge in [-0.15, -0.1) is 0 Å². The fraction of sp³-hybridized carbons (Fsp3) is 0.319. The third kappa shape index (κ3) is 15.8. The monoisotopic (exact) mass is 1440 g/mol. The number of phenolic OH excluding ortho intramolecular Hbond substituents is 6. The quantitative estimate of drug-likeness (QED) is 0.0783. The summed E-state index contributed by atoms with van der Waals surface area (Å²) in [6, 6.07) is 9.59. The number of ether oxygens (including phenoxy) is 3. The molecule has 7 amide bonds. The average molecular weight is 1440 g/mol. The van der Waals surface area contributed by atoms with Gasteiger partial charge in [-0.25, -0.2) is 0 Å². The molecular formula is C72H75Cl2N11O17. The lowest BCUT2D eigenvalue weighted by atomic mass is 9.89. The zero-order valence-electron chi connectivity index (χ0n) is 54.7. The highest BCUT2D eigenvalue weighted by atomic mass is 35.5. The van der Waals surface area contributed by atoms with Crippen molar-refractivity contribution in [3.63, 3.8) is 0 Å². The van der Waals surface area contributed by atoms with E-state index in [1.807, 2.05) is 0 Å². The van der Waals surface area contributed by atoms with Gasteiger partial charge < -0.3 is 108 Å². The van der Waals surface area contributed by atoms with Gasteiger partial charge in [0.25, 0.3) is 0 Å². The predicted octanol–water partition coefficient (Wildman–Crippen LogP) is 5.93. The number of fused-ring (bicyclic) bond motifs is 14. The molecule has 7 aliphatic rings. The molecule has 17 bridgehead atoms. The number of phenols is 6. The standard InChI is InChI=1S/C72H75Cl2N11O17/c73-46-23-35-7-13-52(46)101-55-30-40-31-56(65(55)92)102-53-14-10-38(28-47(53)74)64(91)63-72(99)82-62(68(95)77-16-6-22-85-19-3-1-17-84(21-5-15-75)18-2-4-20-85)45-33-42(87)34-51(90)57(45)44-27-37(9-11-49(44)88)59(69(96)83-63)80-71(98)61(40)81-70(97)60-39-25-41(86)32-43(26-39)100-54-29-36(8-12-50(54)89)58(76)67(94)78-48(24-35)66(93)79-60/h7-14,23,25-34,48,58-64,86-92H,1-6,15-22,24,75-76H2,(H,77,95)(H,78,94)(H,79,93)(H,80,98)(H,81,97)(H,82,99)(H,83,96)/t48-,58-,59-,60+,61-,62+,63+,64-/m1/s1. The Kier molecular flexibility index (Phi) is 21.4. The normalized spacial score (nSPS) is 22.1. The highest BCUT2D eigenvalue weighted by molar-refractivity contribution is 6.32. The van der Waals surface area contributed by atoms with E-state index in [9.17, 15) is 45.3 Å². The topological polar surface area (TPSA) is 432 Å². The Morgan fingerprint density at radius 3 is 1.75 bits per heavy atom. The molecule has 1 fully saturated rings. The Morgan fingerprint density at radius 1 is 0.520 bits per heavy atom. The number of carbonyl (C=O) groups is 7. The van der Waals surface area contributed by atoms with Crippen molar-refractivity contribution in [2.45, 2.75) is 93.3 Å². The molecule has 0 radical (unpaired) electrons. The number of aliphatic hydroxyl groups excluding tert-OH is 1. The summed E-state index contributed by atoms with van der Waals surface area (Å²) in [4.78, 5) is 112. The van der Waals surface area contributed by atoms with Crippen molar-refractivity contribution in [3.8, 4) is 80.1 Å². The molecule has 0 saturated carbocycles. The lowest BCUT2D eigenvalue weighted by molar-refractivity contribution is -0.137. The van der Waals surface area contributed by atoms with E-state index >= 15 is 24.0 Å². The maximum atomic E-state index is 16.0. The number of rotatable bonds is 8. The Morgan fingerprint density at radius 2 is 1.09 bits per heavy atom. The number of carbonyl (C=O) groups excluding carboxylic acids is 7. The lowest BCUT2D eigenvalue weighted by Crippen LogP contribution is -2.56. The summed E-state index contributed by atoms with van der Waals surface area (Å²) < 4.78 is 18.6. The summed E-state index contributed by atoms with van der Waals surface area (Å²) >= 11 is 13.9. The maximum Gasteiger partial charge on any atom is 0.248 e. The molecule has 534 valence electrons. The summed E-state index contributed by atoms with van der Waals surface area (Å²) in [5.74, 6) is -13.3. The van der Waals surface area contributed by atoms with Crippen molar-refractivity contribution < 1.29 is 83.5 Å². The lowest BCUT2D eigenvalue weighted by Gasteiger charge is -2.31. The van der Waals surface area contributed by atoms with Crippen molar-refractivity contribution in [1.29, 1.82) is 0 Å². The summed E-state index contributed by atoms with van der Waals surface area (Å²) in [5.41, 5.74) is 10.9. The van der Waals surface area contributed by atoms with Crippen molar-refractivity contribution >= 4 is 64.6 Å². The minimum atomic E-state index is -2.16. The van der Waals surface area contributed by atoms with Crippen molar-refractivity contribution in [3.05, 3.63) is 164 Å². The average Bonchev–Trinajstić information content (AvgIpc) is 0.770. The van der Waals surface area contributed by atoms with Crippen LogP contribution in [0.1, 0.15) is 114 Å². The number of nitrogens with zero attached hydrogens (tertiary/aromatic N) is 2. The maximum absolute atomic E-state index is 16.0. The number of halogens is 2. The molecule has 102 heavy (non-hydrogen) atoms. The van der Waals surface area contributed by atoms with Gasteiger partial charge in [-0.2, -0.15) is 0 Å². The van der Waals surface area contributed by atoms with Crippen LogP contribution in [0, 0.1) is 0 Å². The Labute approximate surface area is 593 Å². The second-order valence-corrected chi connectivity index (χ2v) is 26.5. The second-order valence-electron chi connectivity index (χ2n) is 25.6. The molecule has 0 aromatic heterocycles. The van der Waals surface area contributed by atoms with Crippen molar-refractivity contribution in [2.24, 2.45) is 11.5 Å². The van der Waals surface area contributed by atoms with Crippen LogP contribution >= 0.6 is 23.2 Å². The summed E-state index contributed by atoms with van der Waals surface area (Å²) in [5, 5.41) is 100. The molecule has 1 saturated heterocycles. The molecule has 0 aliphatic carbocycles. The smallest absolute Gasteiger partial charge is 0.248 e. The molecule has 7 aromatic rings. The molecule has 14 rings (SSSR count). The molecule has 7 aliphatic heterocycles. The number of hydrogen-bond acceptors (Lipinski definition) is 21. The summed E-state index contributed by atoms with van der Waals surface area (Å²) in [7, 11) is 0. The first-order chi connectivity index (χ1) is 49.0. The highest BCUT2D eigenvalue weighted by Crippen LogP contribution is 2.48. The molecule has 28 nitrogen and oxygen atoms in total. The number of aliphatic hydroxyl groups is 1. The number of aromatic hydroxyl groups is 6. The number of hydrogen-bond donors (Lipinski definition) is 16. The summed E-state index contributed by atoms with van der Waals surface area (Å²) in [6.07, 6.45) is 2.87. The van der Waals surface area contributed by atoms with Gasteiger partial charge in [0.05, 0.1) is 10.0 Å². The van der Waals surface area contributed by atoms with Crippen LogP contribution in [0.3, 0.4) is 0 Å². The SMILES string of the molecule is NCCCN1CCCCN(CCCNC(=O)[C@H]2NC(=O)[C@H]3NC(=O)[C@H](NC(=O)[C@@H]4NC(=O)[C@H]5NC(=O)[C@@H](Cc6ccc(c(Cl)c6)Oc6cc4cc(c6O)Oc4ccc(cc4Cl)[C@H]3O)NC(=O)[C@H](N)c3ccc(O)c(c3)Oc3cc(O)cc5c3)c3ccc(O)c(c3)-c3c(O)cc(O)cc32)CCCC1. The number of benzene rings is 7. The molecule has 7 aromatic carbocycles. The van der Waals surface area contributed by atoms with Gasteiger partial charge in [-0.3, -0.25) is 33.6 Å². The van der Waals surface area contributed by atoms with Gasteiger partial charge in [-0.05, 0) is 202 Å². The first-order valence-electron chi connectivity index (χ1n) is 33.2. The van der Waals surface area contributed by atoms with E-state index in [4.69, 9.17) is 48.9 Å². The third-order valence-electron chi connectivity index (χ3n) is 18.5. The van der Waals surface area contributed by atoms with Crippen LogP contribution < -0.4 is 62.9 Å². The van der Waals surface area contributed by atoms with Crippen LogP contribution in [0.2, 0.25) is 10.0 Å². The van der Waals surface area contributed by atoms with Gasteiger partial charge in [-0.1, -0.05) is 47.5 Å². The highest BCUT2D eigenvalue weighted by Gasteiger charge is 2.42. The number of amides is 7. The minimum absolute atomic E-state index is 0.0735. The third-order valence-corrected chi connectivity index (χ3v) is 19.1. The van der Waals surface area contributed by atoms with Gasteiger partial charge in [0.2, 0.25) is 47.1 Å². The molecule has 7 heterocycles. The first kappa shape index (κ1) is 71.2. The molecular weight excluding hydrogens is 1360 g/mol. The van der Waals surface area contributed by atoms with Crippen molar-refractivity contribution in [2.75, 3.05) is 52.4 Å². The fourth-order valence-electron chi connectivity index (χ4n) is 13.2. The minimum Gasteiger partial charge on any atom is -0.508 e. The first-order valence-corrected chi connectivity index (χ1v) is 34.0. The largest absolute Gasteiger partial charge is 0.508 e. The predicted molar refractivity (Wildman–Crippen MR) is 370 cm³/mol. The van der Waals surface area contributed by atoms with E-state index in [0.717, 1.165) is 107 Å². The van der Waals surface area contributed by atoms with E-state index in [1.165, 1.54) is 72.8 Å². The van der Waals surface area contributed by atoms with Crippen LogP contribution in [0.4, 0.5) is 0 Å². The summed E-state index contributed by atoms with van der Waals surface area (Å²) in [6.45, 7) is 5.86. The van der Waals surface area contributed by atoms with E-state index < -0.39 is 136 Å². The zero-order chi connectivity index (χ0) is 72.2. The number of nitrogens with two attached hydrogens (primary N) is 2. The van der Waals surface area contributed by atoms with Crippen LogP contribution in [0.5, 0.6) is 69.0 Å². The molecule has 8 atom stereocenters. The molecule has 0 unspecified atom stereocenters. The van der Waals surface area contributed by atoms with Gasteiger partial charge in [0, 0.05) is 36.2 Å². The van der Waals surface area contributed by atoms with Crippen LogP contribution in [-0.2, 0) is 40.0 Å². The Balaban J connectivity index is 0.973. The van der Waals surface area contributed by atoms with E-state index in [0.29, 0.717) is 25.1 Å². The van der Waals surface area contributed by atoms with Gasteiger partial charge in [0.15, 0.2) is 23.0 Å². The Hall–Kier alpha value is -10.6. The van der Waals surface area contributed by atoms with E-state index in [1.54, 1.807) is 0 Å². The molecule has 30 heteroatoms. The van der Waals surface area contributed by atoms with Crippen LogP contribution in [0.25, 0.3) is 11.1 Å². The Bertz CT molecular complexity index is 4440. The van der Waals surface area contributed by atoms with Crippen LogP contribution in [-0.4, -0.2) is 151 Å². The van der Waals surface area contributed by atoms with Crippen molar-refractivity contribution in [1.82, 2.24) is 47.0 Å². The zero-order valence-corrected chi connectivity index (χ0v) is 56.2. The van der Waals surface area contributed by atoms with Crippen LogP contribution in [0.15, 0.2) is 115 Å².